The molecule has 0 saturated carbocycles. The molecule has 1 N–H and O–H groups in total. The number of nitrogens with zero attached hydrogens (tertiary/aromatic N) is 3. The Kier molecular flexibility index (Phi) is 1.89. The van der Waals surface area contributed by atoms with Gasteiger partial charge in [-0.1, -0.05) is 13.8 Å². The molecule has 4 nitrogen and oxygen atoms in total. The minimum absolute atomic E-state index is 0.446. The van der Waals surface area contributed by atoms with E-state index < -0.39 is 0 Å². The molecule has 0 unspecified atom stereocenters. The van der Waals surface area contributed by atoms with Crippen LogP contribution < -0.4 is 5.43 Å². The minimum Gasteiger partial charge on any atom is -0.312 e. The van der Waals surface area contributed by atoms with Crippen LogP contribution in [0.3, 0.4) is 0 Å². The first-order valence-electron chi connectivity index (χ1n) is 3.34. The first-order valence-corrected chi connectivity index (χ1v) is 3.34. The van der Waals surface area contributed by atoms with Gasteiger partial charge >= 0.3 is 0 Å². The highest BCUT2D eigenvalue weighted by molar-refractivity contribution is 4.98. The normalized spacial score (nSPS) is 10.4. The van der Waals surface area contributed by atoms with Gasteiger partial charge in [0, 0.05) is 7.05 Å². The van der Waals surface area contributed by atoms with Gasteiger partial charge in [0.15, 0.2) is 0 Å². The van der Waals surface area contributed by atoms with E-state index in [9.17, 15) is 0 Å². The standard InChI is InChI=1S/C6H12N4/c1-5(2)6-4-10(7-3)9-8-6/h4-5,7H,1-3H3. The van der Waals surface area contributed by atoms with Gasteiger partial charge in [-0.3, -0.25) is 0 Å². The second-order valence-electron chi connectivity index (χ2n) is 2.47. The molecule has 0 aliphatic carbocycles. The van der Waals surface area contributed by atoms with Crippen molar-refractivity contribution in [3.8, 4) is 0 Å². The van der Waals surface area contributed by atoms with E-state index in [4.69, 9.17) is 0 Å². The molecule has 56 valence electrons. The van der Waals surface area contributed by atoms with E-state index in [1.54, 1.807) is 11.8 Å². The number of hydrogen-bond acceptors (Lipinski definition) is 3. The molecule has 0 amide bonds. The number of hydrogen-bond donors (Lipinski definition) is 1. The van der Waals surface area contributed by atoms with Crippen molar-refractivity contribution in [1.82, 2.24) is 15.1 Å². The van der Waals surface area contributed by atoms with Crippen LogP contribution in [0.15, 0.2) is 6.20 Å². The third-order valence-electron chi connectivity index (χ3n) is 1.33. The van der Waals surface area contributed by atoms with E-state index in [1.165, 1.54) is 0 Å². The smallest absolute Gasteiger partial charge is 0.0874 e. The van der Waals surface area contributed by atoms with E-state index in [0.29, 0.717) is 5.92 Å². The summed E-state index contributed by atoms with van der Waals surface area (Å²) in [5.74, 6) is 0.446. The fourth-order valence-electron chi connectivity index (χ4n) is 0.651. The van der Waals surface area contributed by atoms with Crippen molar-refractivity contribution in [1.29, 1.82) is 0 Å². The van der Waals surface area contributed by atoms with Crippen molar-refractivity contribution in [3.63, 3.8) is 0 Å². The summed E-state index contributed by atoms with van der Waals surface area (Å²) in [5.41, 5.74) is 3.85. The second kappa shape index (κ2) is 2.68. The summed E-state index contributed by atoms with van der Waals surface area (Å²) in [7, 11) is 1.80. The number of aromatic nitrogens is 3. The van der Waals surface area contributed by atoms with E-state index in [1.807, 2.05) is 6.20 Å². The average molecular weight is 140 g/mol. The maximum atomic E-state index is 3.94. The van der Waals surface area contributed by atoms with E-state index in [-0.39, 0.29) is 0 Å². The van der Waals surface area contributed by atoms with Crippen LogP contribution in [0.5, 0.6) is 0 Å². The molecule has 1 aromatic rings. The summed E-state index contributed by atoms with van der Waals surface area (Å²) in [6.45, 7) is 4.17. The first-order chi connectivity index (χ1) is 4.74. The maximum absolute atomic E-state index is 3.94. The van der Waals surface area contributed by atoms with Crippen molar-refractivity contribution in [2.75, 3.05) is 12.5 Å². The van der Waals surface area contributed by atoms with Gasteiger partial charge in [-0.2, -0.15) is 4.79 Å². The fraction of sp³-hybridized carbons (Fsp3) is 0.667. The van der Waals surface area contributed by atoms with Crippen molar-refractivity contribution < 1.29 is 0 Å². The summed E-state index contributed by atoms with van der Waals surface area (Å²) in [6, 6.07) is 0. The van der Waals surface area contributed by atoms with Crippen LogP contribution in [0.2, 0.25) is 0 Å². The molecule has 0 aliphatic heterocycles. The van der Waals surface area contributed by atoms with Crippen LogP contribution in [-0.4, -0.2) is 22.2 Å². The minimum atomic E-state index is 0.446. The highest BCUT2D eigenvalue weighted by Crippen LogP contribution is 2.07. The van der Waals surface area contributed by atoms with Gasteiger partial charge in [-0.25, -0.2) is 0 Å². The third-order valence-corrected chi connectivity index (χ3v) is 1.33. The molecule has 1 aromatic heterocycles. The molecule has 0 saturated heterocycles. The third kappa shape index (κ3) is 1.26. The molecule has 0 fully saturated rings. The molecule has 1 heterocycles. The van der Waals surface area contributed by atoms with Gasteiger partial charge in [0.05, 0.1) is 11.9 Å². The summed E-state index contributed by atoms with van der Waals surface area (Å²) in [4.78, 5) is 1.59. The summed E-state index contributed by atoms with van der Waals surface area (Å²) in [6.07, 6.45) is 1.88. The molecule has 0 aromatic carbocycles. The Hall–Kier alpha value is -1.06. The predicted molar refractivity (Wildman–Crippen MR) is 39.4 cm³/mol. The first kappa shape index (κ1) is 7.05. The van der Waals surface area contributed by atoms with Gasteiger partial charge in [0.2, 0.25) is 0 Å². The van der Waals surface area contributed by atoms with Crippen LogP contribution >= 0.6 is 0 Å². The predicted octanol–water partition coefficient (Wildman–Crippen LogP) is 0.575. The average Bonchev–Trinajstić information content (AvgIpc) is 2.34. The fourth-order valence-corrected chi connectivity index (χ4v) is 0.651. The highest BCUT2D eigenvalue weighted by Gasteiger charge is 2.02. The lowest BCUT2D eigenvalue weighted by molar-refractivity contribution is 0.722. The monoisotopic (exact) mass is 140 g/mol. The van der Waals surface area contributed by atoms with Crippen LogP contribution in [0, 0.1) is 0 Å². The van der Waals surface area contributed by atoms with Crippen molar-refractivity contribution in [2.45, 2.75) is 19.8 Å². The Bertz CT molecular complexity index is 203. The Morgan fingerprint density at radius 3 is 2.60 bits per heavy atom. The lowest BCUT2D eigenvalue weighted by Crippen LogP contribution is -2.08. The molecule has 0 bridgehead atoms. The Labute approximate surface area is 60.2 Å². The lowest BCUT2D eigenvalue weighted by atomic mass is 10.2. The van der Waals surface area contributed by atoms with Crippen LogP contribution in [-0.2, 0) is 0 Å². The van der Waals surface area contributed by atoms with E-state index in [0.717, 1.165) is 5.69 Å². The SMILES string of the molecule is CNn1cc(C(C)C)nn1. The van der Waals surface area contributed by atoms with Crippen LogP contribution in [0.4, 0.5) is 0 Å². The molecule has 0 atom stereocenters. The van der Waals surface area contributed by atoms with Gasteiger partial charge in [0.1, 0.15) is 0 Å². The zero-order valence-electron chi connectivity index (χ0n) is 6.50. The van der Waals surface area contributed by atoms with Crippen molar-refractivity contribution in [3.05, 3.63) is 11.9 Å². The van der Waals surface area contributed by atoms with Crippen LogP contribution in [0.25, 0.3) is 0 Å². The number of nitrogens with one attached hydrogen (secondary N) is 1. The zero-order chi connectivity index (χ0) is 7.56. The molecule has 0 radical (unpaired) electrons. The largest absolute Gasteiger partial charge is 0.312 e. The second-order valence-corrected chi connectivity index (χ2v) is 2.47. The molecule has 0 aliphatic rings. The Morgan fingerprint density at radius 2 is 2.30 bits per heavy atom. The zero-order valence-corrected chi connectivity index (χ0v) is 6.50. The van der Waals surface area contributed by atoms with Crippen LogP contribution in [0.1, 0.15) is 25.5 Å². The van der Waals surface area contributed by atoms with Gasteiger partial charge in [-0.15, -0.1) is 5.10 Å². The quantitative estimate of drug-likeness (QED) is 0.653. The topological polar surface area (TPSA) is 42.7 Å². The van der Waals surface area contributed by atoms with Crippen molar-refractivity contribution in [2.24, 2.45) is 0 Å². The van der Waals surface area contributed by atoms with Gasteiger partial charge < -0.3 is 5.43 Å². The van der Waals surface area contributed by atoms with Crippen molar-refractivity contribution >= 4 is 0 Å². The molecule has 0 spiro atoms. The van der Waals surface area contributed by atoms with Gasteiger partial charge in [0.25, 0.3) is 0 Å². The molecular formula is C6H12N4. The Morgan fingerprint density at radius 1 is 1.60 bits per heavy atom. The maximum Gasteiger partial charge on any atom is 0.0874 e. The van der Waals surface area contributed by atoms with Gasteiger partial charge in [-0.05, 0) is 11.1 Å². The summed E-state index contributed by atoms with van der Waals surface area (Å²) in [5, 5.41) is 7.75. The molecule has 4 heteroatoms. The van der Waals surface area contributed by atoms with E-state index >= 15 is 0 Å². The Balaban J connectivity index is 2.78. The highest BCUT2D eigenvalue weighted by atomic mass is 15.6. The molecule has 10 heavy (non-hydrogen) atoms. The summed E-state index contributed by atoms with van der Waals surface area (Å²) >= 11 is 0. The number of rotatable bonds is 2. The molecular weight excluding hydrogens is 128 g/mol. The lowest BCUT2D eigenvalue weighted by Gasteiger charge is -1.95. The summed E-state index contributed by atoms with van der Waals surface area (Å²) < 4.78 is 0. The van der Waals surface area contributed by atoms with E-state index in [2.05, 4.69) is 29.6 Å². The molecule has 1 rings (SSSR count).